The predicted octanol–water partition coefficient (Wildman–Crippen LogP) is 2.11. The zero-order chi connectivity index (χ0) is 15.5. The summed E-state index contributed by atoms with van der Waals surface area (Å²) >= 11 is 0. The number of amides is 1. The molecular weight excluding hydrogens is 282 g/mol. The van der Waals surface area contributed by atoms with E-state index in [4.69, 9.17) is 4.74 Å². The minimum absolute atomic E-state index is 0.192. The van der Waals surface area contributed by atoms with Gasteiger partial charge in [0.15, 0.2) is 6.61 Å². The Morgan fingerprint density at radius 1 is 1.09 bits per heavy atom. The number of carboxylic acids is 1. The molecule has 0 saturated heterocycles. The summed E-state index contributed by atoms with van der Waals surface area (Å²) in [6, 6.07) is 15.3. The number of ether oxygens (including phenoxy) is 1. The third-order valence-corrected chi connectivity index (χ3v) is 3.64. The summed E-state index contributed by atoms with van der Waals surface area (Å²) in [6.45, 7) is -0.192. The fraction of sp³-hybridized carbons (Fsp3) is 0.176. The van der Waals surface area contributed by atoms with Crippen molar-refractivity contribution in [3.63, 3.8) is 0 Å². The number of hydrogen-bond acceptors (Lipinski definition) is 3. The Bertz CT molecular complexity index is 699. The van der Waals surface area contributed by atoms with E-state index in [1.54, 1.807) is 24.3 Å². The van der Waals surface area contributed by atoms with Gasteiger partial charge >= 0.3 is 5.97 Å². The standard InChI is InChI=1S/C17H15NO4/c19-16(11-22-13-7-2-1-3-8-13)18-14-9-5-4-6-12(14)10-15(18)17(20)21/h1-9,15H,10-11H2,(H,20,21). The first-order chi connectivity index (χ1) is 10.7. The molecule has 0 radical (unpaired) electrons. The lowest BCUT2D eigenvalue weighted by molar-refractivity contribution is -0.140. The lowest BCUT2D eigenvalue weighted by atomic mass is 10.1. The first-order valence-corrected chi connectivity index (χ1v) is 6.97. The molecule has 1 aliphatic rings. The molecule has 2 aromatic carbocycles. The molecule has 0 aromatic heterocycles. The summed E-state index contributed by atoms with van der Waals surface area (Å²) in [7, 11) is 0. The second kappa shape index (κ2) is 5.89. The van der Waals surface area contributed by atoms with Crippen molar-refractivity contribution >= 4 is 17.6 Å². The summed E-state index contributed by atoms with van der Waals surface area (Å²) in [5.41, 5.74) is 1.51. The van der Waals surface area contributed by atoms with Gasteiger partial charge in [-0.05, 0) is 23.8 Å². The van der Waals surface area contributed by atoms with Gasteiger partial charge in [-0.2, -0.15) is 0 Å². The van der Waals surface area contributed by atoms with Crippen LogP contribution in [0.15, 0.2) is 54.6 Å². The molecule has 0 spiro atoms. The van der Waals surface area contributed by atoms with Crippen molar-refractivity contribution < 1.29 is 19.4 Å². The van der Waals surface area contributed by atoms with E-state index in [9.17, 15) is 14.7 Å². The minimum Gasteiger partial charge on any atom is -0.484 e. The van der Waals surface area contributed by atoms with Gasteiger partial charge in [0.05, 0.1) is 0 Å². The van der Waals surface area contributed by atoms with Crippen molar-refractivity contribution in [2.24, 2.45) is 0 Å². The second-order valence-electron chi connectivity index (χ2n) is 5.05. The molecule has 112 valence electrons. The molecule has 0 bridgehead atoms. The fourth-order valence-electron chi connectivity index (χ4n) is 2.62. The summed E-state index contributed by atoms with van der Waals surface area (Å²) in [6.07, 6.45) is 0.322. The summed E-state index contributed by atoms with van der Waals surface area (Å²) in [4.78, 5) is 25.2. The fourth-order valence-corrected chi connectivity index (χ4v) is 2.62. The topological polar surface area (TPSA) is 66.8 Å². The first kappa shape index (κ1) is 14.1. The average Bonchev–Trinajstić information content (AvgIpc) is 2.93. The van der Waals surface area contributed by atoms with Gasteiger partial charge in [0, 0.05) is 12.1 Å². The van der Waals surface area contributed by atoms with Crippen LogP contribution >= 0.6 is 0 Å². The van der Waals surface area contributed by atoms with Crippen molar-refractivity contribution in [1.82, 2.24) is 0 Å². The highest BCUT2D eigenvalue weighted by atomic mass is 16.5. The Hall–Kier alpha value is -2.82. The number of carbonyl (C=O) groups is 2. The van der Waals surface area contributed by atoms with E-state index >= 15 is 0 Å². The van der Waals surface area contributed by atoms with Gasteiger partial charge in [0.2, 0.25) is 0 Å². The number of hydrogen-bond donors (Lipinski definition) is 1. The second-order valence-corrected chi connectivity index (χ2v) is 5.05. The number of para-hydroxylation sites is 2. The number of carboxylic acid groups (broad SMARTS) is 1. The van der Waals surface area contributed by atoms with Crippen molar-refractivity contribution in [3.05, 3.63) is 60.2 Å². The Morgan fingerprint density at radius 2 is 1.77 bits per heavy atom. The molecule has 5 nitrogen and oxygen atoms in total. The predicted molar refractivity (Wildman–Crippen MR) is 81.0 cm³/mol. The molecule has 3 rings (SSSR count). The number of rotatable bonds is 4. The van der Waals surface area contributed by atoms with Crippen molar-refractivity contribution in [2.75, 3.05) is 11.5 Å². The number of fused-ring (bicyclic) bond motifs is 1. The summed E-state index contributed by atoms with van der Waals surface area (Å²) in [5.74, 6) is -0.791. The largest absolute Gasteiger partial charge is 0.484 e. The lowest BCUT2D eigenvalue weighted by Crippen LogP contribution is -2.45. The van der Waals surface area contributed by atoms with Crippen molar-refractivity contribution in [2.45, 2.75) is 12.5 Å². The monoisotopic (exact) mass is 297 g/mol. The molecule has 1 aliphatic heterocycles. The highest BCUT2D eigenvalue weighted by Gasteiger charge is 2.38. The van der Waals surface area contributed by atoms with Crippen molar-refractivity contribution in [1.29, 1.82) is 0 Å². The number of carbonyl (C=O) groups excluding carboxylic acids is 1. The summed E-state index contributed by atoms with van der Waals surface area (Å²) in [5, 5.41) is 9.36. The SMILES string of the molecule is O=C(O)C1Cc2ccccc2N1C(=O)COc1ccccc1. The van der Waals surface area contributed by atoms with Crippen LogP contribution in [0.2, 0.25) is 0 Å². The molecule has 1 unspecified atom stereocenters. The third kappa shape index (κ3) is 2.65. The zero-order valence-electron chi connectivity index (χ0n) is 11.8. The van der Waals surface area contributed by atoms with E-state index < -0.39 is 12.0 Å². The van der Waals surface area contributed by atoms with E-state index in [1.807, 2.05) is 30.3 Å². The van der Waals surface area contributed by atoms with Gasteiger partial charge in [-0.25, -0.2) is 4.79 Å². The van der Waals surface area contributed by atoms with Crippen molar-refractivity contribution in [3.8, 4) is 5.75 Å². The maximum absolute atomic E-state index is 12.4. The molecule has 5 heteroatoms. The number of aliphatic carboxylic acids is 1. The molecule has 0 saturated carbocycles. The molecule has 1 amide bonds. The maximum atomic E-state index is 12.4. The third-order valence-electron chi connectivity index (χ3n) is 3.64. The van der Waals surface area contributed by atoms with Crippen LogP contribution in [0.5, 0.6) is 5.75 Å². The smallest absolute Gasteiger partial charge is 0.327 e. The average molecular weight is 297 g/mol. The van der Waals surface area contributed by atoms with Crippen LogP contribution in [-0.4, -0.2) is 29.6 Å². The van der Waals surface area contributed by atoms with Crippen LogP contribution < -0.4 is 9.64 Å². The van der Waals surface area contributed by atoms with Crippen LogP contribution in [0.4, 0.5) is 5.69 Å². The van der Waals surface area contributed by atoms with Crippen LogP contribution in [0.25, 0.3) is 0 Å². The van der Waals surface area contributed by atoms with Gasteiger partial charge in [-0.15, -0.1) is 0 Å². The van der Waals surface area contributed by atoms with Crippen LogP contribution in [0.1, 0.15) is 5.56 Å². The van der Waals surface area contributed by atoms with Gasteiger partial charge in [0.1, 0.15) is 11.8 Å². The molecular formula is C17H15NO4. The van der Waals surface area contributed by atoms with Gasteiger partial charge in [0.25, 0.3) is 5.91 Å². The molecule has 1 N–H and O–H groups in total. The molecule has 1 atom stereocenters. The number of anilines is 1. The van der Waals surface area contributed by atoms with Crippen LogP contribution in [0.3, 0.4) is 0 Å². The van der Waals surface area contributed by atoms with E-state index in [2.05, 4.69) is 0 Å². The van der Waals surface area contributed by atoms with E-state index in [1.165, 1.54) is 4.90 Å². The Morgan fingerprint density at radius 3 is 2.50 bits per heavy atom. The summed E-state index contributed by atoms with van der Waals surface area (Å²) < 4.78 is 5.44. The van der Waals surface area contributed by atoms with Gasteiger partial charge < -0.3 is 9.84 Å². The molecule has 1 heterocycles. The Labute approximate surface area is 127 Å². The van der Waals surface area contributed by atoms with Gasteiger partial charge in [-0.1, -0.05) is 36.4 Å². The molecule has 0 fully saturated rings. The van der Waals surface area contributed by atoms with Gasteiger partial charge in [-0.3, -0.25) is 9.69 Å². The van der Waals surface area contributed by atoms with E-state index in [0.717, 1.165) is 5.56 Å². The zero-order valence-corrected chi connectivity index (χ0v) is 11.8. The Balaban J connectivity index is 1.78. The normalized spacial score (nSPS) is 16.2. The van der Waals surface area contributed by atoms with E-state index in [-0.39, 0.29) is 12.5 Å². The quantitative estimate of drug-likeness (QED) is 0.938. The highest BCUT2D eigenvalue weighted by Crippen LogP contribution is 2.32. The molecule has 2 aromatic rings. The van der Waals surface area contributed by atoms with Crippen LogP contribution in [0, 0.1) is 0 Å². The van der Waals surface area contributed by atoms with E-state index in [0.29, 0.717) is 17.9 Å². The lowest BCUT2D eigenvalue weighted by Gasteiger charge is -2.22. The number of benzene rings is 2. The minimum atomic E-state index is -1.01. The first-order valence-electron chi connectivity index (χ1n) is 6.97. The number of nitrogens with zero attached hydrogens (tertiary/aromatic N) is 1. The van der Waals surface area contributed by atoms with Crippen LogP contribution in [-0.2, 0) is 16.0 Å². The maximum Gasteiger partial charge on any atom is 0.327 e. The Kier molecular flexibility index (Phi) is 3.78. The molecule has 22 heavy (non-hydrogen) atoms. The molecule has 0 aliphatic carbocycles. The highest BCUT2D eigenvalue weighted by molar-refractivity contribution is 6.02.